The smallest absolute Gasteiger partial charge is 0.422 e. The summed E-state index contributed by atoms with van der Waals surface area (Å²) in [5.74, 6) is -1.66. The molecule has 0 saturated carbocycles. The fourth-order valence-corrected chi connectivity index (χ4v) is 5.16. The van der Waals surface area contributed by atoms with E-state index in [2.05, 4.69) is 5.32 Å². The molecule has 13 heteroatoms. The van der Waals surface area contributed by atoms with Gasteiger partial charge in [0.15, 0.2) is 6.61 Å². The Morgan fingerprint density at radius 2 is 1.86 bits per heavy atom. The van der Waals surface area contributed by atoms with Gasteiger partial charge in [-0.25, -0.2) is 13.2 Å². The molecule has 0 radical (unpaired) electrons. The Kier molecular flexibility index (Phi) is 7.01. The van der Waals surface area contributed by atoms with Crippen molar-refractivity contribution in [2.45, 2.75) is 23.6 Å². The van der Waals surface area contributed by atoms with Crippen LogP contribution in [0.15, 0.2) is 47.4 Å². The highest BCUT2D eigenvalue weighted by atomic mass is 32.2. The number of hydrogen-bond donors (Lipinski definition) is 1. The lowest BCUT2D eigenvalue weighted by Crippen LogP contribution is -2.40. The number of morpholine rings is 1. The minimum atomic E-state index is -4.65. The molecule has 2 aliphatic heterocycles. The lowest BCUT2D eigenvalue weighted by atomic mass is 10.0. The number of benzene rings is 2. The second-order valence-corrected chi connectivity index (χ2v) is 9.75. The highest BCUT2D eigenvalue weighted by molar-refractivity contribution is 7.89. The van der Waals surface area contributed by atoms with Crippen LogP contribution in [0.1, 0.15) is 28.4 Å². The second kappa shape index (κ2) is 9.84. The topological polar surface area (TPSA) is 111 Å². The van der Waals surface area contributed by atoms with E-state index in [1.807, 2.05) is 0 Å². The Bertz CT molecular complexity index is 1230. The molecule has 188 valence electrons. The van der Waals surface area contributed by atoms with Crippen molar-refractivity contribution in [3.8, 4) is 5.75 Å². The quantitative estimate of drug-likeness (QED) is 0.566. The number of cyclic esters (lactones) is 1. The van der Waals surface area contributed by atoms with Crippen molar-refractivity contribution in [1.29, 1.82) is 0 Å². The Morgan fingerprint density at radius 3 is 2.57 bits per heavy atom. The van der Waals surface area contributed by atoms with Crippen LogP contribution in [-0.2, 0) is 24.3 Å². The summed E-state index contributed by atoms with van der Waals surface area (Å²) in [6.07, 6.45) is -5.87. The number of sulfonamides is 1. The molecule has 4 rings (SSSR count). The predicted molar refractivity (Wildman–Crippen MR) is 115 cm³/mol. The summed E-state index contributed by atoms with van der Waals surface area (Å²) in [7, 11) is -4.00. The molecular formula is C22H21F3N2O7S. The molecule has 0 spiro atoms. The lowest BCUT2D eigenvalue weighted by Gasteiger charge is -2.26. The number of amides is 1. The maximum Gasteiger partial charge on any atom is 0.422 e. The number of alkyl halides is 3. The molecule has 1 atom stereocenters. The van der Waals surface area contributed by atoms with Crippen molar-refractivity contribution in [2.24, 2.45) is 0 Å². The Labute approximate surface area is 198 Å². The fourth-order valence-electron chi connectivity index (χ4n) is 3.73. The van der Waals surface area contributed by atoms with E-state index in [1.54, 1.807) is 24.3 Å². The average Bonchev–Trinajstić information content (AvgIpc) is 3.13. The van der Waals surface area contributed by atoms with Crippen LogP contribution in [0.2, 0.25) is 0 Å². The van der Waals surface area contributed by atoms with E-state index in [9.17, 15) is 31.2 Å². The van der Waals surface area contributed by atoms with Crippen LogP contribution < -0.4 is 10.1 Å². The molecule has 2 aliphatic rings. The van der Waals surface area contributed by atoms with Gasteiger partial charge in [0, 0.05) is 18.7 Å². The van der Waals surface area contributed by atoms with Crippen LogP contribution in [-0.4, -0.2) is 63.7 Å². The number of ether oxygens (including phenoxy) is 3. The molecule has 1 unspecified atom stereocenters. The predicted octanol–water partition coefficient (Wildman–Crippen LogP) is 2.89. The first-order chi connectivity index (χ1) is 16.5. The summed E-state index contributed by atoms with van der Waals surface area (Å²) in [5, 5.41) is 2.40. The Hall–Kier alpha value is -3.16. The molecule has 2 aromatic carbocycles. The normalized spacial score (nSPS) is 18.6. The fraction of sp³-hybridized carbons (Fsp3) is 0.364. The van der Waals surface area contributed by atoms with Gasteiger partial charge in [-0.3, -0.25) is 4.79 Å². The van der Waals surface area contributed by atoms with Crippen LogP contribution in [0.25, 0.3) is 0 Å². The van der Waals surface area contributed by atoms with Crippen molar-refractivity contribution < 1.29 is 45.4 Å². The van der Waals surface area contributed by atoms with Gasteiger partial charge in [-0.15, -0.1) is 0 Å². The highest BCUT2D eigenvalue weighted by Gasteiger charge is 2.33. The van der Waals surface area contributed by atoms with Gasteiger partial charge in [0.2, 0.25) is 15.9 Å². The summed E-state index contributed by atoms with van der Waals surface area (Å²) in [5.41, 5.74) is 0.564. The average molecular weight is 514 g/mol. The summed E-state index contributed by atoms with van der Waals surface area (Å²) < 4.78 is 80.5. The molecular weight excluding hydrogens is 493 g/mol. The third-order valence-corrected chi connectivity index (χ3v) is 7.27. The number of fused-ring (bicyclic) bond motifs is 1. The number of nitrogens with one attached hydrogen (secondary N) is 1. The maximum atomic E-state index is 13.0. The summed E-state index contributed by atoms with van der Waals surface area (Å²) in [6.45, 7) is -1.00. The van der Waals surface area contributed by atoms with Gasteiger partial charge in [-0.2, -0.15) is 17.5 Å². The molecule has 9 nitrogen and oxygen atoms in total. The maximum absolute atomic E-state index is 13.0. The highest BCUT2D eigenvalue weighted by Crippen LogP contribution is 2.35. The van der Waals surface area contributed by atoms with Crippen LogP contribution in [0, 0.1) is 0 Å². The van der Waals surface area contributed by atoms with Gasteiger partial charge >= 0.3 is 12.1 Å². The van der Waals surface area contributed by atoms with Crippen LogP contribution in [0.5, 0.6) is 5.75 Å². The van der Waals surface area contributed by atoms with Crippen molar-refractivity contribution >= 4 is 27.6 Å². The minimum Gasteiger partial charge on any atom is -0.482 e. The van der Waals surface area contributed by atoms with E-state index in [-0.39, 0.29) is 49.1 Å². The number of anilines is 1. The molecule has 0 aromatic heterocycles. The van der Waals surface area contributed by atoms with Gasteiger partial charge in [-0.05, 0) is 24.3 Å². The zero-order valence-corrected chi connectivity index (χ0v) is 19.0. The lowest BCUT2D eigenvalue weighted by molar-refractivity contribution is -0.153. The molecule has 0 bridgehead atoms. The molecule has 1 N–H and O–H groups in total. The zero-order valence-electron chi connectivity index (χ0n) is 18.2. The Morgan fingerprint density at radius 1 is 1.14 bits per heavy atom. The number of esters is 1. The molecule has 1 fully saturated rings. The SMILES string of the molecule is O=C(CC1OC(=O)c2ccccc21)Nc1cc(S(=O)(=O)N2CCOCC2)ccc1OCC(F)(F)F. The van der Waals surface area contributed by atoms with Crippen molar-refractivity contribution in [3.05, 3.63) is 53.6 Å². The van der Waals surface area contributed by atoms with Gasteiger partial charge in [0.25, 0.3) is 0 Å². The van der Waals surface area contributed by atoms with Gasteiger partial charge in [-0.1, -0.05) is 18.2 Å². The number of nitrogens with zero attached hydrogens (tertiary/aromatic N) is 1. The van der Waals surface area contributed by atoms with Gasteiger partial charge < -0.3 is 19.5 Å². The molecule has 35 heavy (non-hydrogen) atoms. The molecule has 0 aliphatic carbocycles. The van der Waals surface area contributed by atoms with Gasteiger partial charge in [0.05, 0.1) is 35.8 Å². The number of hydrogen-bond acceptors (Lipinski definition) is 7. The van der Waals surface area contributed by atoms with Crippen LogP contribution in [0.3, 0.4) is 0 Å². The Balaban J connectivity index is 1.57. The number of carbonyl (C=O) groups excluding carboxylic acids is 2. The van der Waals surface area contributed by atoms with E-state index < -0.39 is 40.8 Å². The summed E-state index contributed by atoms with van der Waals surface area (Å²) in [6, 6.07) is 9.72. The van der Waals surface area contributed by atoms with Crippen molar-refractivity contribution in [2.75, 3.05) is 38.2 Å². The van der Waals surface area contributed by atoms with E-state index >= 15 is 0 Å². The van der Waals surface area contributed by atoms with E-state index in [4.69, 9.17) is 14.2 Å². The minimum absolute atomic E-state index is 0.114. The van der Waals surface area contributed by atoms with E-state index in [0.717, 1.165) is 18.2 Å². The van der Waals surface area contributed by atoms with Gasteiger partial charge in [0.1, 0.15) is 11.9 Å². The van der Waals surface area contributed by atoms with Crippen molar-refractivity contribution in [3.63, 3.8) is 0 Å². The van der Waals surface area contributed by atoms with E-state index in [0.29, 0.717) is 11.1 Å². The van der Waals surface area contributed by atoms with Crippen molar-refractivity contribution in [1.82, 2.24) is 4.31 Å². The third-order valence-electron chi connectivity index (χ3n) is 5.37. The molecule has 1 amide bonds. The largest absolute Gasteiger partial charge is 0.482 e. The second-order valence-electron chi connectivity index (χ2n) is 7.81. The zero-order chi connectivity index (χ0) is 25.2. The first-order valence-electron chi connectivity index (χ1n) is 10.6. The number of carbonyl (C=O) groups is 2. The third kappa shape index (κ3) is 5.74. The van der Waals surface area contributed by atoms with E-state index in [1.165, 1.54) is 4.31 Å². The van der Waals surface area contributed by atoms with Crippen LogP contribution >= 0.6 is 0 Å². The molecule has 2 heterocycles. The summed E-state index contributed by atoms with van der Waals surface area (Å²) >= 11 is 0. The monoisotopic (exact) mass is 514 g/mol. The first kappa shape index (κ1) is 24.9. The first-order valence-corrected chi connectivity index (χ1v) is 12.0. The number of halogens is 3. The van der Waals surface area contributed by atoms with Crippen LogP contribution in [0.4, 0.5) is 18.9 Å². The molecule has 2 aromatic rings. The number of rotatable bonds is 7. The standard InChI is InChI=1S/C22H21F3N2O7S/c23-22(24,25)13-33-18-6-5-14(35(30,31)27-7-9-32-10-8-27)11-17(18)26-20(28)12-19-15-3-1-2-4-16(15)21(29)34-19/h1-6,11,19H,7-10,12-13H2,(H,26,28). The molecule has 1 saturated heterocycles. The summed E-state index contributed by atoms with van der Waals surface area (Å²) in [4.78, 5) is 24.5.